The normalized spacial score (nSPS) is 18.5. The minimum Gasteiger partial charge on any atom is -0.370 e. The summed E-state index contributed by atoms with van der Waals surface area (Å²) in [7, 11) is 0. The Morgan fingerprint density at radius 2 is 2.17 bits per heavy atom. The molecule has 0 saturated carbocycles. The lowest BCUT2D eigenvalue weighted by molar-refractivity contribution is -0.119. The van der Waals surface area contributed by atoms with Gasteiger partial charge in [-0.05, 0) is 13.3 Å². The van der Waals surface area contributed by atoms with Crippen molar-refractivity contribution in [3.05, 3.63) is 6.07 Å². The molecule has 1 aromatic rings. The van der Waals surface area contributed by atoms with E-state index in [9.17, 15) is 4.79 Å². The zero-order valence-corrected chi connectivity index (χ0v) is 10.4. The van der Waals surface area contributed by atoms with E-state index in [0.29, 0.717) is 24.6 Å². The van der Waals surface area contributed by atoms with E-state index >= 15 is 0 Å². The number of carbonyl (C=O) groups is 1. The van der Waals surface area contributed by atoms with Crippen LogP contribution in [0, 0.1) is 0 Å². The number of hydrogen-bond acceptors (Lipinski definition) is 6. The van der Waals surface area contributed by atoms with Gasteiger partial charge in [0.05, 0.1) is 0 Å². The van der Waals surface area contributed by atoms with Gasteiger partial charge in [0.2, 0.25) is 11.9 Å². The number of hydrogen-bond donors (Lipinski definition) is 4. The van der Waals surface area contributed by atoms with E-state index in [1.807, 2.05) is 6.92 Å². The average molecular weight is 250 g/mol. The Kier molecular flexibility index (Phi) is 3.81. The van der Waals surface area contributed by atoms with Crippen LogP contribution in [0.5, 0.6) is 0 Å². The van der Waals surface area contributed by atoms with Crippen LogP contribution in [0.3, 0.4) is 0 Å². The van der Waals surface area contributed by atoms with Gasteiger partial charge in [-0.1, -0.05) is 0 Å². The Morgan fingerprint density at radius 3 is 2.78 bits per heavy atom. The maximum Gasteiger partial charge on any atom is 0.223 e. The fraction of sp³-hybridized carbons (Fsp3) is 0.545. The Balaban J connectivity index is 1.94. The Bertz CT molecular complexity index is 436. The SMILES string of the molecule is CCNc1cc(NCC2CCC(=O)N2)nc(N)n1. The fourth-order valence-corrected chi connectivity index (χ4v) is 1.89. The molecule has 1 aliphatic heterocycles. The third-order valence-electron chi connectivity index (χ3n) is 2.72. The highest BCUT2D eigenvalue weighted by Crippen LogP contribution is 2.13. The van der Waals surface area contributed by atoms with E-state index in [-0.39, 0.29) is 17.9 Å². The van der Waals surface area contributed by atoms with Crippen LogP contribution < -0.4 is 21.7 Å². The first kappa shape index (κ1) is 12.4. The van der Waals surface area contributed by atoms with Crippen molar-refractivity contribution in [3.63, 3.8) is 0 Å². The van der Waals surface area contributed by atoms with Gasteiger partial charge in [-0.2, -0.15) is 9.97 Å². The topological polar surface area (TPSA) is 105 Å². The molecule has 7 nitrogen and oxygen atoms in total. The lowest BCUT2D eigenvalue weighted by atomic mass is 10.2. The molecule has 0 radical (unpaired) electrons. The monoisotopic (exact) mass is 250 g/mol. The third-order valence-corrected chi connectivity index (χ3v) is 2.72. The molecule has 98 valence electrons. The van der Waals surface area contributed by atoms with E-state index < -0.39 is 0 Å². The van der Waals surface area contributed by atoms with Crippen LogP contribution in [0.15, 0.2) is 6.07 Å². The largest absolute Gasteiger partial charge is 0.370 e. The zero-order chi connectivity index (χ0) is 13.0. The molecular weight excluding hydrogens is 232 g/mol. The quantitative estimate of drug-likeness (QED) is 0.594. The molecular formula is C11H18N6O. The molecule has 18 heavy (non-hydrogen) atoms. The molecule has 2 rings (SSSR count). The molecule has 1 atom stereocenters. The van der Waals surface area contributed by atoms with Crippen LogP contribution in [0.2, 0.25) is 0 Å². The maximum absolute atomic E-state index is 11.1. The molecule has 1 unspecified atom stereocenters. The number of nitrogen functional groups attached to an aromatic ring is 1. The number of nitrogens with zero attached hydrogens (tertiary/aromatic N) is 2. The summed E-state index contributed by atoms with van der Waals surface area (Å²) in [5, 5.41) is 9.13. The minimum absolute atomic E-state index is 0.109. The van der Waals surface area contributed by atoms with Gasteiger partial charge in [-0.3, -0.25) is 4.79 Å². The molecule has 0 aliphatic carbocycles. The van der Waals surface area contributed by atoms with Crippen molar-refractivity contribution < 1.29 is 4.79 Å². The predicted octanol–water partition coefficient (Wildman–Crippen LogP) is 0.181. The van der Waals surface area contributed by atoms with E-state index in [4.69, 9.17) is 5.73 Å². The molecule has 2 heterocycles. The summed E-state index contributed by atoms with van der Waals surface area (Å²) in [6, 6.07) is 1.97. The number of rotatable bonds is 5. The first-order valence-corrected chi connectivity index (χ1v) is 6.09. The van der Waals surface area contributed by atoms with Gasteiger partial charge in [-0.25, -0.2) is 0 Å². The number of aromatic nitrogens is 2. The molecule has 1 fully saturated rings. The van der Waals surface area contributed by atoms with Crippen LogP contribution in [0.4, 0.5) is 17.6 Å². The fourth-order valence-electron chi connectivity index (χ4n) is 1.89. The second-order valence-electron chi connectivity index (χ2n) is 4.21. The Labute approximate surface area is 106 Å². The predicted molar refractivity (Wildman–Crippen MR) is 70.3 cm³/mol. The molecule has 1 aromatic heterocycles. The third kappa shape index (κ3) is 3.22. The molecule has 1 amide bonds. The molecule has 0 spiro atoms. The summed E-state index contributed by atoms with van der Waals surface area (Å²) in [4.78, 5) is 19.2. The van der Waals surface area contributed by atoms with Gasteiger partial charge < -0.3 is 21.7 Å². The lowest BCUT2D eigenvalue weighted by Crippen LogP contribution is -2.32. The Hall–Kier alpha value is -2.05. The second kappa shape index (κ2) is 5.52. The molecule has 0 bridgehead atoms. The van der Waals surface area contributed by atoms with Gasteiger partial charge >= 0.3 is 0 Å². The zero-order valence-electron chi connectivity index (χ0n) is 10.4. The van der Waals surface area contributed by atoms with Crippen molar-refractivity contribution >= 4 is 23.5 Å². The minimum atomic E-state index is 0.109. The highest BCUT2D eigenvalue weighted by atomic mass is 16.1. The van der Waals surface area contributed by atoms with Gasteiger partial charge in [-0.15, -0.1) is 0 Å². The second-order valence-corrected chi connectivity index (χ2v) is 4.21. The van der Waals surface area contributed by atoms with Crippen LogP contribution in [-0.4, -0.2) is 35.0 Å². The van der Waals surface area contributed by atoms with Crippen molar-refractivity contribution in [1.82, 2.24) is 15.3 Å². The van der Waals surface area contributed by atoms with Gasteiger partial charge in [0.1, 0.15) is 11.6 Å². The summed E-state index contributed by atoms with van der Waals surface area (Å²) in [5.41, 5.74) is 5.62. The van der Waals surface area contributed by atoms with E-state index in [2.05, 4.69) is 25.9 Å². The molecule has 1 saturated heterocycles. The van der Waals surface area contributed by atoms with Crippen molar-refractivity contribution in [2.75, 3.05) is 29.5 Å². The number of carbonyl (C=O) groups excluding carboxylic acids is 1. The number of nitrogens with one attached hydrogen (secondary N) is 3. The highest BCUT2D eigenvalue weighted by molar-refractivity contribution is 5.78. The highest BCUT2D eigenvalue weighted by Gasteiger charge is 2.20. The van der Waals surface area contributed by atoms with Crippen molar-refractivity contribution in [2.45, 2.75) is 25.8 Å². The van der Waals surface area contributed by atoms with E-state index in [1.165, 1.54) is 0 Å². The van der Waals surface area contributed by atoms with Crippen LogP contribution >= 0.6 is 0 Å². The maximum atomic E-state index is 11.1. The van der Waals surface area contributed by atoms with E-state index in [1.54, 1.807) is 6.07 Å². The number of anilines is 3. The standard InChI is InChI=1S/C11H18N6O/c1-2-13-8-5-9(17-11(12)16-8)14-6-7-3-4-10(18)15-7/h5,7H,2-4,6H2,1H3,(H,15,18)(H4,12,13,14,16,17). The van der Waals surface area contributed by atoms with Gasteiger partial charge in [0.25, 0.3) is 0 Å². The van der Waals surface area contributed by atoms with Crippen LogP contribution in [0.25, 0.3) is 0 Å². The smallest absolute Gasteiger partial charge is 0.223 e. The van der Waals surface area contributed by atoms with Gasteiger partial charge in [0.15, 0.2) is 0 Å². The summed E-state index contributed by atoms with van der Waals surface area (Å²) >= 11 is 0. The van der Waals surface area contributed by atoms with Crippen LogP contribution in [0.1, 0.15) is 19.8 Å². The molecule has 0 aromatic carbocycles. The van der Waals surface area contributed by atoms with Crippen LogP contribution in [-0.2, 0) is 4.79 Å². The van der Waals surface area contributed by atoms with Crippen molar-refractivity contribution in [2.24, 2.45) is 0 Å². The first-order valence-electron chi connectivity index (χ1n) is 6.09. The summed E-state index contributed by atoms with van der Waals surface area (Å²) in [6.45, 7) is 3.40. The summed E-state index contributed by atoms with van der Waals surface area (Å²) in [5.74, 6) is 1.70. The average Bonchev–Trinajstić information content (AvgIpc) is 2.72. The van der Waals surface area contributed by atoms with Gasteiger partial charge in [0, 0.05) is 31.6 Å². The van der Waals surface area contributed by atoms with Crippen molar-refractivity contribution in [1.29, 1.82) is 0 Å². The summed E-state index contributed by atoms with van der Waals surface area (Å²) in [6.07, 6.45) is 1.45. The molecule has 7 heteroatoms. The number of nitrogens with two attached hydrogens (primary N) is 1. The summed E-state index contributed by atoms with van der Waals surface area (Å²) < 4.78 is 0. The van der Waals surface area contributed by atoms with Crippen molar-refractivity contribution in [3.8, 4) is 0 Å². The molecule has 1 aliphatic rings. The van der Waals surface area contributed by atoms with E-state index in [0.717, 1.165) is 13.0 Å². The lowest BCUT2D eigenvalue weighted by Gasteiger charge is -2.13. The Morgan fingerprint density at radius 1 is 1.44 bits per heavy atom. The molecule has 5 N–H and O–H groups in total. The number of amides is 1. The first-order chi connectivity index (χ1) is 8.67.